The van der Waals surface area contributed by atoms with Crippen LogP contribution in [-0.2, 0) is 9.47 Å². The van der Waals surface area contributed by atoms with Crippen molar-refractivity contribution in [3.8, 4) is 23.0 Å². The third-order valence-electron chi connectivity index (χ3n) is 7.83. The average Bonchev–Trinajstić information content (AvgIpc) is 3.98. The molecule has 0 amide bonds. The average molecular weight is 774 g/mol. The molecule has 0 saturated carbocycles. The first-order chi connectivity index (χ1) is 25.8. The fourth-order valence-electron chi connectivity index (χ4n) is 4.93. The number of ether oxygens (including phenoxy) is 2. The first-order valence-corrected chi connectivity index (χ1v) is 16.4. The van der Waals surface area contributed by atoms with Crippen LogP contribution in [0, 0.1) is 13.8 Å². The number of aryl methyl sites for hydroxylation is 2. The van der Waals surface area contributed by atoms with Gasteiger partial charge < -0.3 is 38.9 Å². The number of nitrogens with zero attached hydrogens (tertiary/aromatic N) is 3. The van der Waals surface area contributed by atoms with E-state index in [-0.39, 0.29) is 17.5 Å². The van der Waals surface area contributed by atoms with E-state index in [1.807, 2.05) is 32.0 Å². The minimum absolute atomic E-state index is 0.00131. The van der Waals surface area contributed by atoms with E-state index in [0.29, 0.717) is 55.0 Å². The van der Waals surface area contributed by atoms with Crippen molar-refractivity contribution in [2.75, 3.05) is 14.2 Å². The number of methoxy groups -OCH3 is 2. The number of aromatic carboxylic acids is 1. The number of nitrogens with two attached hydrogens (primary N) is 1. The first-order valence-electron chi connectivity index (χ1n) is 15.6. The standard InChI is InChI=1S/C19H13ClN2O4.C10H7ClO3.C9H10N2O3/c1-10-3-8-14(20)16-13(10)9-15(25-16)18-21-17(22-26-18)11-4-6-12(7-5-11)19(23)24-2;1-5-2-3-7(11)9-6(5)4-8(14-9)10(12)13;1-14-9(12)7-4-2-6(3-5-7)8(10)11-13/h3-9H,1-2H3;2-4H,1H3,(H,12,13);2-5,13H,1H3,(H2,10,11). The number of halogens is 2. The van der Waals surface area contributed by atoms with Crippen molar-refractivity contribution in [1.82, 2.24) is 10.1 Å². The number of hydrogen-bond donors (Lipinski definition) is 3. The van der Waals surface area contributed by atoms with E-state index in [2.05, 4.69) is 24.8 Å². The van der Waals surface area contributed by atoms with Gasteiger partial charge in [0.2, 0.25) is 11.6 Å². The van der Waals surface area contributed by atoms with Gasteiger partial charge in [0.1, 0.15) is 0 Å². The lowest BCUT2D eigenvalue weighted by atomic mass is 10.1. The topological polar surface area (TPSA) is 214 Å². The molecule has 0 radical (unpaired) electrons. The Morgan fingerprint density at radius 3 is 1.72 bits per heavy atom. The second-order valence-electron chi connectivity index (χ2n) is 11.3. The normalized spacial score (nSPS) is 11.0. The van der Waals surface area contributed by atoms with Gasteiger partial charge in [-0.1, -0.05) is 69.9 Å². The molecular formula is C38H30Cl2N4O10. The SMILES string of the molecule is COC(=O)c1ccc(-c2noc(-c3cc4c(C)ccc(Cl)c4o3)n2)cc1.COC(=O)c1ccc(/C(N)=N\O)cc1.Cc1ccc(Cl)c2oc(C(=O)O)cc12. The quantitative estimate of drug-likeness (QED) is 0.0475. The van der Waals surface area contributed by atoms with Crippen molar-refractivity contribution >= 4 is 68.9 Å². The van der Waals surface area contributed by atoms with Crippen molar-refractivity contribution in [2.45, 2.75) is 13.8 Å². The number of carbonyl (C=O) groups is 3. The number of fused-ring (bicyclic) bond motifs is 2. The molecule has 3 heterocycles. The molecule has 0 unspecified atom stereocenters. The number of hydrogen-bond acceptors (Lipinski definition) is 12. The van der Waals surface area contributed by atoms with Gasteiger partial charge in [-0.25, -0.2) is 14.4 Å². The third-order valence-corrected chi connectivity index (χ3v) is 8.42. The third kappa shape index (κ3) is 8.52. The molecule has 14 nitrogen and oxygen atoms in total. The van der Waals surface area contributed by atoms with Gasteiger partial charge in [-0.15, -0.1) is 0 Å². The van der Waals surface area contributed by atoms with Crippen molar-refractivity contribution < 1.29 is 47.5 Å². The van der Waals surface area contributed by atoms with Gasteiger partial charge in [0, 0.05) is 21.9 Å². The summed E-state index contributed by atoms with van der Waals surface area (Å²) in [6.45, 7) is 3.85. The second kappa shape index (κ2) is 16.8. The van der Waals surface area contributed by atoms with Crippen molar-refractivity contribution in [3.63, 3.8) is 0 Å². The molecule has 4 aromatic carbocycles. The summed E-state index contributed by atoms with van der Waals surface area (Å²) in [5.41, 5.74) is 10.5. The Kier molecular flexibility index (Phi) is 12.0. The Balaban J connectivity index is 0.000000170. The molecule has 16 heteroatoms. The van der Waals surface area contributed by atoms with Crippen LogP contribution in [0.3, 0.4) is 0 Å². The minimum atomic E-state index is -1.09. The highest BCUT2D eigenvalue weighted by atomic mass is 35.5. The zero-order valence-electron chi connectivity index (χ0n) is 28.9. The summed E-state index contributed by atoms with van der Waals surface area (Å²) in [6, 6.07) is 23.5. The van der Waals surface area contributed by atoms with E-state index in [1.54, 1.807) is 60.7 Å². The maximum atomic E-state index is 11.5. The molecule has 7 aromatic rings. The molecular weight excluding hydrogens is 743 g/mol. The molecule has 0 atom stereocenters. The summed E-state index contributed by atoms with van der Waals surface area (Å²) >= 11 is 12.0. The van der Waals surface area contributed by atoms with Crippen molar-refractivity contribution in [1.29, 1.82) is 0 Å². The minimum Gasteiger partial charge on any atom is -0.475 e. The van der Waals surface area contributed by atoms with E-state index >= 15 is 0 Å². The van der Waals surface area contributed by atoms with Crippen LogP contribution in [0.2, 0.25) is 10.0 Å². The fourth-order valence-corrected chi connectivity index (χ4v) is 5.33. The van der Waals surface area contributed by atoms with E-state index in [9.17, 15) is 14.4 Å². The first kappa shape index (κ1) is 38.6. The summed E-state index contributed by atoms with van der Waals surface area (Å²) in [4.78, 5) is 37.6. The Labute approximate surface area is 316 Å². The van der Waals surface area contributed by atoms with Gasteiger partial charge in [-0.05, 0) is 73.5 Å². The summed E-state index contributed by atoms with van der Waals surface area (Å²) < 4.78 is 25.4. The molecule has 0 aliphatic rings. The van der Waals surface area contributed by atoms with E-state index in [1.165, 1.54) is 20.3 Å². The van der Waals surface area contributed by atoms with Crippen LogP contribution >= 0.6 is 23.2 Å². The van der Waals surface area contributed by atoms with Gasteiger partial charge in [0.15, 0.2) is 22.8 Å². The predicted molar refractivity (Wildman–Crippen MR) is 199 cm³/mol. The molecule has 0 fully saturated rings. The lowest BCUT2D eigenvalue weighted by Gasteiger charge is -2.00. The smallest absolute Gasteiger partial charge is 0.371 e. The van der Waals surface area contributed by atoms with Crippen molar-refractivity contribution in [2.24, 2.45) is 10.9 Å². The highest BCUT2D eigenvalue weighted by Crippen LogP contribution is 2.34. The molecule has 3 aromatic heterocycles. The fraction of sp³-hybridized carbons (Fsp3) is 0.105. The van der Waals surface area contributed by atoms with E-state index in [4.69, 9.17) is 52.6 Å². The van der Waals surface area contributed by atoms with Crippen molar-refractivity contribution in [3.05, 3.63) is 129 Å². The largest absolute Gasteiger partial charge is 0.475 e. The maximum absolute atomic E-state index is 11.5. The maximum Gasteiger partial charge on any atom is 0.371 e. The Hall–Kier alpha value is -6.64. The number of carboxylic acid groups (broad SMARTS) is 1. The molecule has 0 spiro atoms. The highest BCUT2D eigenvalue weighted by Gasteiger charge is 2.18. The van der Waals surface area contributed by atoms with Crippen LogP contribution in [0.25, 0.3) is 45.0 Å². The summed E-state index contributed by atoms with van der Waals surface area (Å²) in [7, 11) is 2.64. The summed E-state index contributed by atoms with van der Waals surface area (Å²) in [6.07, 6.45) is 0. The molecule has 7 rings (SSSR count). The molecule has 4 N–H and O–H groups in total. The Morgan fingerprint density at radius 1 is 0.741 bits per heavy atom. The molecule has 0 bridgehead atoms. The van der Waals surface area contributed by atoms with Gasteiger partial charge in [-0.2, -0.15) is 4.98 Å². The summed E-state index contributed by atoms with van der Waals surface area (Å²) in [5, 5.41) is 26.5. The number of carboxylic acids is 1. The second-order valence-corrected chi connectivity index (χ2v) is 12.1. The van der Waals surface area contributed by atoms with Crippen LogP contribution in [0.1, 0.15) is 48.0 Å². The lowest BCUT2D eigenvalue weighted by molar-refractivity contribution is 0.0592. The number of rotatable bonds is 6. The van der Waals surface area contributed by atoms with Crippen LogP contribution in [0.15, 0.2) is 103 Å². The van der Waals surface area contributed by atoms with Gasteiger partial charge in [0.05, 0.1) is 35.4 Å². The van der Waals surface area contributed by atoms with Crippen LogP contribution in [0.5, 0.6) is 0 Å². The predicted octanol–water partition coefficient (Wildman–Crippen LogP) is 8.56. The molecule has 0 aliphatic heterocycles. The van der Waals surface area contributed by atoms with Crippen LogP contribution in [0.4, 0.5) is 0 Å². The number of furan rings is 2. The molecule has 0 saturated heterocycles. The van der Waals surface area contributed by atoms with E-state index < -0.39 is 17.9 Å². The molecule has 0 aliphatic carbocycles. The van der Waals surface area contributed by atoms with Gasteiger partial charge in [-0.3, -0.25) is 0 Å². The number of amidine groups is 1. The highest BCUT2D eigenvalue weighted by molar-refractivity contribution is 6.35. The van der Waals surface area contributed by atoms with Gasteiger partial charge in [0.25, 0.3) is 5.89 Å². The van der Waals surface area contributed by atoms with Crippen LogP contribution in [-0.4, -0.2) is 58.4 Å². The van der Waals surface area contributed by atoms with Crippen LogP contribution < -0.4 is 5.73 Å². The Bertz CT molecular complexity index is 2420. The number of oxime groups is 1. The molecule has 276 valence electrons. The summed E-state index contributed by atoms with van der Waals surface area (Å²) in [5.74, 6) is -0.908. The van der Waals surface area contributed by atoms with E-state index in [0.717, 1.165) is 21.9 Å². The van der Waals surface area contributed by atoms with Gasteiger partial charge >= 0.3 is 17.9 Å². The number of aromatic nitrogens is 2. The monoisotopic (exact) mass is 772 g/mol. The zero-order valence-corrected chi connectivity index (χ0v) is 30.4. The number of carbonyl (C=O) groups excluding carboxylic acids is 2. The number of esters is 2. The zero-order chi connectivity index (χ0) is 39.1. The number of benzene rings is 4. The Morgan fingerprint density at radius 2 is 1.24 bits per heavy atom. The molecule has 54 heavy (non-hydrogen) atoms. The lowest BCUT2D eigenvalue weighted by Crippen LogP contribution is -2.13.